The summed E-state index contributed by atoms with van der Waals surface area (Å²) in [5.74, 6) is 1.55. The third-order valence-corrected chi connectivity index (χ3v) is 3.58. The van der Waals surface area contributed by atoms with E-state index in [4.69, 9.17) is 14.2 Å². The molecule has 1 fully saturated rings. The van der Waals surface area contributed by atoms with E-state index >= 15 is 0 Å². The Kier molecular flexibility index (Phi) is 6.30. The summed E-state index contributed by atoms with van der Waals surface area (Å²) >= 11 is 0. The Labute approximate surface area is 121 Å². The maximum Gasteiger partial charge on any atom is 0.126 e. The van der Waals surface area contributed by atoms with Gasteiger partial charge in [-0.2, -0.15) is 0 Å². The van der Waals surface area contributed by atoms with Gasteiger partial charge in [-0.15, -0.1) is 0 Å². The van der Waals surface area contributed by atoms with Crippen molar-refractivity contribution in [3.05, 3.63) is 29.3 Å². The highest BCUT2D eigenvalue weighted by Crippen LogP contribution is 2.25. The molecule has 4 nitrogen and oxygen atoms in total. The minimum atomic E-state index is 0.531. The molecule has 1 unspecified atom stereocenters. The standard InChI is InChI=1S/C16H25NO3/c1-13-4-3-5-15(10-17-7-9-18-2)16(13)20-12-14-6-8-19-11-14/h3-5,14,17H,6-12H2,1-2H3. The zero-order valence-electron chi connectivity index (χ0n) is 12.5. The van der Waals surface area contributed by atoms with Crippen molar-refractivity contribution in [1.82, 2.24) is 5.32 Å². The van der Waals surface area contributed by atoms with Crippen molar-refractivity contribution in [1.29, 1.82) is 0 Å². The Morgan fingerprint density at radius 1 is 1.40 bits per heavy atom. The second-order valence-electron chi connectivity index (χ2n) is 5.27. The lowest BCUT2D eigenvalue weighted by atomic mass is 10.1. The largest absolute Gasteiger partial charge is 0.493 e. The minimum Gasteiger partial charge on any atom is -0.493 e. The summed E-state index contributed by atoms with van der Waals surface area (Å²) in [5, 5.41) is 3.37. The molecule has 4 heteroatoms. The van der Waals surface area contributed by atoms with E-state index in [0.717, 1.165) is 51.7 Å². The molecule has 0 aromatic heterocycles. The van der Waals surface area contributed by atoms with Crippen LogP contribution in [0.5, 0.6) is 5.75 Å². The lowest BCUT2D eigenvalue weighted by molar-refractivity contribution is 0.166. The highest BCUT2D eigenvalue weighted by Gasteiger charge is 2.17. The van der Waals surface area contributed by atoms with Gasteiger partial charge in [0.05, 0.1) is 19.8 Å². The minimum absolute atomic E-state index is 0.531. The molecule has 0 aliphatic carbocycles. The fourth-order valence-electron chi connectivity index (χ4n) is 2.37. The number of aryl methyl sites for hydroxylation is 1. The number of hydrogen-bond acceptors (Lipinski definition) is 4. The van der Waals surface area contributed by atoms with Gasteiger partial charge in [0.2, 0.25) is 0 Å². The lowest BCUT2D eigenvalue weighted by Gasteiger charge is -2.16. The van der Waals surface area contributed by atoms with Gasteiger partial charge in [-0.25, -0.2) is 0 Å². The van der Waals surface area contributed by atoms with E-state index in [1.807, 2.05) is 0 Å². The van der Waals surface area contributed by atoms with E-state index in [1.54, 1.807) is 7.11 Å². The molecule has 0 saturated carbocycles. The van der Waals surface area contributed by atoms with Crippen LogP contribution in [0.4, 0.5) is 0 Å². The number of hydrogen-bond donors (Lipinski definition) is 1. The lowest BCUT2D eigenvalue weighted by Crippen LogP contribution is -2.20. The molecule has 1 N–H and O–H groups in total. The van der Waals surface area contributed by atoms with Gasteiger partial charge < -0.3 is 19.5 Å². The van der Waals surface area contributed by atoms with Gasteiger partial charge in [0.15, 0.2) is 0 Å². The zero-order chi connectivity index (χ0) is 14.2. The molecule has 0 radical (unpaired) electrons. The molecule has 0 amide bonds. The quantitative estimate of drug-likeness (QED) is 0.740. The Morgan fingerprint density at radius 2 is 2.30 bits per heavy atom. The monoisotopic (exact) mass is 279 g/mol. The fourth-order valence-corrected chi connectivity index (χ4v) is 2.37. The molecule has 1 heterocycles. The van der Waals surface area contributed by atoms with Crippen LogP contribution in [0.15, 0.2) is 18.2 Å². The molecular weight excluding hydrogens is 254 g/mol. The molecule has 1 saturated heterocycles. The third kappa shape index (κ3) is 4.47. The van der Waals surface area contributed by atoms with Gasteiger partial charge in [0.1, 0.15) is 5.75 Å². The molecule has 2 rings (SSSR count). The van der Waals surface area contributed by atoms with E-state index in [1.165, 1.54) is 11.1 Å². The molecule has 0 bridgehead atoms. The zero-order valence-corrected chi connectivity index (χ0v) is 12.5. The normalized spacial score (nSPS) is 18.4. The van der Waals surface area contributed by atoms with Crippen LogP contribution in [0.3, 0.4) is 0 Å². The number of para-hydroxylation sites is 1. The summed E-state index contributed by atoms with van der Waals surface area (Å²) in [4.78, 5) is 0. The van der Waals surface area contributed by atoms with Crippen LogP contribution < -0.4 is 10.1 Å². The van der Waals surface area contributed by atoms with Crippen molar-refractivity contribution in [3.8, 4) is 5.75 Å². The van der Waals surface area contributed by atoms with Gasteiger partial charge in [0, 0.05) is 38.3 Å². The summed E-state index contributed by atoms with van der Waals surface area (Å²) in [6, 6.07) is 6.29. The average molecular weight is 279 g/mol. The van der Waals surface area contributed by atoms with Crippen molar-refractivity contribution in [2.75, 3.05) is 40.1 Å². The molecule has 0 spiro atoms. The van der Waals surface area contributed by atoms with Crippen molar-refractivity contribution in [2.24, 2.45) is 5.92 Å². The molecule has 1 aliphatic heterocycles. The van der Waals surface area contributed by atoms with Gasteiger partial charge in [-0.1, -0.05) is 18.2 Å². The van der Waals surface area contributed by atoms with Crippen LogP contribution in [-0.2, 0) is 16.0 Å². The molecule has 20 heavy (non-hydrogen) atoms. The van der Waals surface area contributed by atoms with Crippen LogP contribution in [0.1, 0.15) is 17.5 Å². The van der Waals surface area contributed by atoms with Crippen LogP contribution in [0.2, 0.25) is 0 Å². The molecular formula is C16H25NO3. The first-order chi connectivity index (χ1) is 9.81. The van der Waals surface area contributed by atoms with Gasteiger partial charge in [0.25, 0.3) is 0 Å². The van der Waals surface area contributed by atoms with E-state index in [9.17, 15) is 0 Å². The average Bonchev–Trinajstić information content (AvgIpc) is 2.96. The fraction of sp³-hybridized carbons (Fsp3) is 0.625. The molecule has 1 aliphatic rings. The van der Waals surface area contributed by atoms with Crippen LogP contribution in [-0.4, -0.2) is 40.1 Å². The second-order valence-corrected chi connectivity index (χ2v) is 5.27. The molecule has 1 atom stereocenters. The number of benzene rings is 1. The topological polar surface area (TPSA) is 39.7 Å². The SMILES string of the molecule is COCCNCc1cccc(C)c1OCC1CCOC1. The number of nitrogens with one attached hydrogen (secondary N) is 1. The predicted octanol–water partition coefficient (Wildman–Crippen LogP) is 2.15. The predicted molar refractivity (Wildman–Crippen MR) is 79.2 cm³/mol. The van der Waals surface area contributed by atoms with Gasteiger partial charge in [-0.3, -0.25) is 0 Å². The maximum atomic E-state index is 6.06. The first kappa shape index (κ1) is 15.3. The highest BCUT2D eigenvalue weighted by molar-refractivity contribution is 5.40. The van der Waals surface area contributed by atoms with Gasteiger partial charge >= 0.3 is 0 Å². The Hall–Kier alpha value is -1.10. The number of methoxy groups -OCH3 is 1. The van der Waals surface area contributed by atoms with Crippen molar-refractivity contribution in [3.63, 3.8) is 0 Å². The molecule has 1 aromatic carbocycles. The summed E-state index contributed by atoms with van der Waals surface area (Å²) in [6.45, 7) is 6.92. The summed E-state index contributed by atoms with van der Waals surface area (Å²) in [7, 11) is 1.71. The first-order valence-corrected chi connectivity index (χ1v) is 7.30. The Bertz CT molecular complexity index is 403. The van der Waals surface area contributed by atoms with Crippen LogP contribution >= 0.6 is 0 Å². The van der Waals surface area contributed by atoms with Crippen molar-refractivity contribution >= 4 is 0 Å². The second kappa shape index (κ2) is 8.25. The number of rotatable bonds is 8. The van der Waals surface area contributed by atoms with E-state index in [0.29, 0.717) is 5.92 Å². The van der Waals surface area contributed by atoms with Crippen molar-refractivity contribution < 1.29 is 14.2 Å². The Morgan fingerprint density at radius 3 is 3.05 bits per heavy atom. The number of ether oxygens (including phenoxy) is 3. The summed E-state index contributed by atoms with van der Waals surface area (Å²) in [5.41, 5.74) is 2.40. The summed E-state index contributed by atoms with van der Waals surface area (Å²) in [6.07, 6.45) is 1.10. The van der Waals surface area contributed by atoms with Crippen LogP contribution in [0.25, 0.3) is 0 Å². The van der Waals surface area contributed by atoms with E-state index in [2.05, 4.69) is 30.4 Å². The van der Waals surface area contributed by atoms with Crippen molar-refractivity contribution in [2.45, 2.75) is 19.9 Å². The summed E-state index contributed by atoms with van der Waals surface area (Å²) < 4.78 is 16.5. The molecule has 1 aromatic rings. The van der Waals surface area contributed by atoms with E-state index in [-0.39, 0.29) is 0 Å². The molecule has 112 valence electrons. The smallest absolute Gasteiger partial charge is 0.126 e. The third-order valence-electron chi connectivity index (χ3n) is 3.58. The Balaban J connectivity index is 1.90. The maximum absolute atomic E-state index is 6.06. The van der Waals surface area contributed by atoms with Crippen LogP contribution in [0, 0.1) is 12.8 Å². The first-order valence-electron chi connectivity index (χ1n) is 7.30. The highest BCUT2D eigenvalue weighted by atomic mass is 16.5. The van der Waals surface area contributed by atoms with E-state index < -0.39 is 0 Å². The van der Waals surface area contributed by atoms with Gasteiger partial charge in [-0.05, 0) is 18.9 Å².